The lowest BCUT2D eigenvalue weighted by molar-refractivity contribution is 0.415. The van der Waals surface area contributed by atoms with E-state index in [0.717, 1.165) is 46.9 Å². The third-order valence-corrected chi connectivity index (χ3v) is 4.67. The minimum absolute atomic E-state index is 0.567. The van der Waals surface area contributed by atoms with Crippen molar-refractivity contribution in [2.45, 2.75) is 13.0 Å². The lowest BCUT2D eigenvalue weighted by Crippen LogP contribution is -2.16. The number of nitrogens with zero attached hydrogens (tertiary/aromatic N) is 1. The summed E-state index contributed by atoms with van der Waals surface area (Å²) in [5.41, 5.74) is 3.00. The van der Waals surface area contributed by atoms with Gasteiger partial charge in [-0.15, -0.1) is 0 Å². The molecule has 6 heteroatoms. The number of hydrogen-bond donors (Lipinski definition) is 2. The van der Waals surface area contributed by atoms with Crippen molar-refractivity contribution in [2.24, 2.45) is 0 Å². The van der Waals surface area contributed by atoms with Crippen LogP contribution in [0.4, 0.5) is 0 Å². The molecule has 0 aliphatic rings. The Kier molecular flexibility index (Phi) is 5.14. The molecule has 2 N–H and O–H groups in total. The summed E-state index contributed by atoms with van der Waals surface area (Å²) in [5, 5.41) is 3.96. The predicted octanol–water partition coefficient (Wildman–Crippen LogP) is 4.82. The summed E-state index contributed by atoms with van der Waals surface area (Å²) in [6, 6.07) is 17.6. The molecule has 2 heterocycles. The number of methoxy groups -OCH3 is 1. The second-order valence-corrected chi connectivity index (χ2v) is 6.65. The van der Waals surface area contributed by atoms with E-state index in [2.05, 4.69) is 15.3 Å². The number of fused-ring (bicyclic) bond motifs is 1. The number of imidazole rings is 1. The zero-order valence-corrected chi connectivity index (χ0v) is 15.7. The minimum Gasteiger partial charge on any atom is -0.495 e. The SMILES string of the molecule is COc1ccc(-c2ccc(CNCCc3nc4ccccc4[nH]3)o2)cc1Cl. The number of benzene rings is 2. The van der Waals surface area contributed by atoms with Gasteiger partial charge in [-0.1, -0.05) is 23.7 Å². The van der Waals surface area contributed by atoms with E-state index in [0.29, 0.717) is 17.3 Å². The molecule has 2 aromatic heterocycles. The van der Waals surface area contributed by atoms with Gasteiger partial charge in [0.1, 0.15) is 23.1 Å². The van der Waals surface area contributed by atoms with Gasteiger partial charge in [-0.25, -0.2) is 4.98 Å². The van der Waals surface area contributed by atoms with E-state index >= 15 is 0 Å². The van der Waals surface area contributed by atoms with Crippen LogP contribution in [0.2, 0.25) is 5.02 Å². The second kappa shape index (κ2) is 7.86. The van der Waals surface area contributed by atoms with Crippen LogP contribution in [0.3, 0.4) is 0 Å². The van der Waals surface area contributed by atoms with Gasteiger partial charge in [-0.05, 0) is 42.5 Å². The van der Waals surface area contributed by atoms with Gasteiger partial charge in [0.15, 0.2) is 0 Å². The smallest absolute Gasteiger partial charge is 0.137 e. The van der Waals surface area contributed by atoms with E-state index in [9.17, 15) is 0 Å². The Bertz CT molecular complexity index is 1020. The molecule has 4 rings (SSSR count). The number of aromatic nitrogens is 2. The normalized spacial score (nSPS) is 11.2. The summed E-state index contributed by atoms with van der Waals surface area (Å²) in [5.74, 6) is 3.30. The molecule has 0 fully saturated rings. The molecule has 0 saturated carbocycles. The minimum atomic E-state index is 0.567. The third-order valence-electron chi connectivity index (χ3n) is 4.37. The van der Waals surface area contributed by atoms with Crippen molar-refractivity contribution < 1.29 is 9.15 Å². The van der Waals surface area contributed by atoms with Gasteiger partial charge in [0, 0.05) is 18.5 Å². The number of furan rings is 1. The topological polar surface area (TPSA) is 63.1 Å². The number of rotatable bonds is 7. The Morgan fingerprint density at radius 2 is 2.04 bits per heavy atom. The highest BCUT2D eigenvalue weighted by Crippen LogP contribution is 2.31. The van der Waals surface area contributed by atoms with Crippen LogP contribution in [0.5, 0.6) is 5.75 Å². The fourth-order valence-electron chi connectivity index (χ4n) is 2.99. The molecule has 0 aliphatic heterocycles. The van der Waals surface area contributed by atoms with Crippen molar-refractivity contribution in [3.63, 3.8) is 0 Å². The number of ether oxygens (including phenoxy) is 1. The Hall–Kier alpha value is -2.76. The first-order chi connectivity index (χ1) is 13.2. The van der Waals surface area contributed by atoms with Gasteiger partial charge in [-0.2, -0.15) is 0 Å². The van der Waals surface area contributed by atoms with E-state index in [1.165, 1.54) is 0 Å². The average molecular weight is 382 g/mol. The van der Waals surface area contributed by atoms with Gasteiger partial charge in [0.05, 0.1) is 29.7 Å². The van der Waals surface area contributed by atoms with Gasteiger partial charge >= 0.3 is 0 Å². The fraction of sp³-hybridized carbons (Fsp3) is 0.190. The molecule has 138 valence electrons. The number of hydrogen-bond acceptors (Lipinski definition) is 4. The first-order valence-corrected chi connectivity index (χ1v) is 9.18. The van der Waals surface area contributed by atoms with E-state index in [-0.39, 0.29) is 0 Å². The largest absolute Gasteiger partial charge is 0.495 e. The zero-order valence-electron chi connectivity index (χ0n) is 15.0. The molecule has 0 saturated heterocycles. The van der Waals surface area contributed by atoms with Gasteiger partial charge in [0.2, 0.25) is 0 Å². The maximum absolute atomic E-state index is 6.19. The number of aromatic amines is 1. The van der Waals surface area contributed by atoms with Crippen molar-refractivity contribution in [1.29, 1.82) is 0 Å². The van der Waals surface area contributed by atoms with Gasteiger partial charge in [-0.3, -0.25) is 0 Å². The van der Waals surface area contributed by atoms with E-state index in [1.54, 1.807) is 7.11 Å². The Morgan fingerprint density at radius 3 is 2.85 bits per heavy atom. The van der Waals surface area contributed by atoms with E-state index in [4.69, 9.17) is 20.8 Å². The molecule has 0 unspecified atom stereocenters. The highest BCUT2D eigenvalue weighted by Gasteiger charge is 2.08. The van der Waals surface area contributed by atoms with Crippen LogP contribution in [-0.2, 0) is 13.0 Å². The molecule has 0 amide bonds. The monoisotopic (exact) mass is 381 g/mol. The van der Waals surface area contributed by atoms with Crippen LogP contribution >= 0.6 is 11.6 Å². The molecule has 0 bridgehead atoms. The summed E-state index contributed by atoms with van der Waals surface area (Å²) < 4.78 is 11.1. The third kappa shape index (κ3) is 3.99. The molecular weight excluding hydrogens is 362 g/mol. The highest BCUT2D eigenvalue weighted by molar-refractivity contribution is 6.32. The predicted molar refractivity (Wildman–Crippen MR) is 107 cm³/mol. The fourth-order valence-corrected chi connectivity index (χ4v) is 3.25. The molecule has 5 nitrogen and oxygen atoms in total. The Labute approximate surface area is 162 Å². The first-order valence-electron chi connectivity index (χ1n) is 8.80. The van der Waals surface area contributed by atoms with Crippen LogP contribution < -0.4 is 10.1 Å². The molecule has 0 radical (unpaired) electrons. The summed E-state index contributed by atoms with van der Waals surface area (Å²) in [6.45, 7) is 1.47. The van der Waals surface area contributed by atoms with Crippen LogP contribution in [0, 0.1) is 0 Å². The van der Waals surface area contributed by atoms with Crippen LogP contribution in [0.15, 0.2) is 59.0 Å². The van der Waals surface area contributed by atoms with Crippen molar-refractivity contribution in [2.75, 3.05) is 13.7 Å². The summed E-state index contributed by atoms with van der Waals surface area (Å²) in [6.07, 6.45) is 0.830. The molecule has 2 aromatic carbocycles. The Morgan fingerprint density at radius 1 is 1.15 bits per heavy atom. The first kappa shape index (κ1) is 17.6. The van der Waals surface area contributed by atoms with Gasteiger partial charge in [0.25, 0.3) is 0 Å². The number of H-pyrrole nitrogens is 1. The number of halogens is 1. The number of para-hydroxylation sites is 2. The van der Waals surface area contributed by atoms with Crippen molar-refractivity contribution in [3.05, 3.63) is 71.2 Å². The van der Waals surface area contributed by atoms with E-state index in [1.807, 2.05) is 54.6 Å². The molecule has 4 aromatic rings. The van der Waals surface area contributed by atoms with Crippen LogP contribution in [0.25, 0.3) is 22.4 Å². The van der Waals surface area contributed by atoms with Crippen molar-refractivity contribution >= 4 is 22.6 Å². The summed E-state index contributed by atoms with van der Waals surface area (Å²) >= 11 is 6.19. The molecule has 0 atom stereocenters. The quantitative estimate of drug-likeness (QED) is 0.450. The second-order valence-electron chi connectivity index (χ2n) is 6.24. The lowest BCUT2D eigenvalue weighted by atomic mass is 10.2. The zero-order chi connectivity index (χ0) is 18.6. The number of nitrogens with one attached hydrogen (secondary N) is 2. The highest BCUT2D eigenvalue weighted by atomic mass is 35.5. The summed E-state index contributed by atoms with van der Waals surface area (Å²) in [7, 11) is 1.60. The van der Waals surface area contributed by atoms with Crippen LogP contribution in [0.1, 0.15) is 11.6 Å². The molecule has 0 spiro atoms. The summed E-state index contributed by atoms with van der Waals surface area (Å²) in [4.78, 5) is 7.92. The maximum atomic E-state index is 6.19. The maximum Gasteiger partial charge on any atom is 0.137 e. The van der Waals surface area contributed by atoms with Gasteiger partial charge < -0.3 is 19.5 Å². The standard InChI is InChI=1S/C21H20ClN3O2/c1-26-20-8-6-14(12-16(20)22)19-9-7-15(27-19)13-23-11-10-21-24-17-4-2-3-5-18(17)25-21/h2-9,12,23H,10-11,13H2,1H3,(H,24,25). The van der Waals surface area contributed by atoms with Crippen LogP contribution in [-0.4, -0.2) is 23.6 Å². The molecular formula is C21H20ClN3O2. The molecule has 0 aliphatic carbocycles. The Balaban J connectivity index is 1.32. The molecule has 27 heavy (non-hydrogen) atoms. The average Bonchev–Trinajstić information content (AvgIpc) is 3.31. The van der Waals surface area contributed by atoms with E-state index < -0.39 is 0 Å². The lowest BCUT2D eigenvalue weighted by Gasteiger charge is -2.04. The van der Waals surface area contributed by atoms with Crippen molar-refractivity contribution in [3.8, 4) is 17.1 Å². The van der Waals surface area contributed by atoms with Crippen molar-refractivity contribution in [1.82, 2.24) is 15.3 Å².